The van der Waals surface area contributed by atoms with Crippen molar-refractivity contribution in [3.8, 4) is 67.0 Å². The summed E-state index contributed by atoms with van der Waals surface area (Å²) >= 11 is 0. The first-order chi connectivity index (χ1) is 40.7. The third-order valence-electron chi connectivity index (χ3n) is 17.7. The molecule has 13 aromatic carbocycles. The van der Waals surface area contributed by atoms with E-state index < -0.39 is 5.41 Å². The summed E-state index contributed by atoms with van der Waals surface area (Å²) in [6.07, 6.45) is 0. The van der Waals surface area contributed by atoms with E-state index >= 15 is 0 Å². The van der Waals surface area contributed by atoms with E-state index in [4.69, 9.17) is 0 Å². The molecule has 3 heteroatoms. The van der Waals surface area contributed by atoms with Gasteiger partial charge in [-0.15, -0.1) is 0 Å². The quantitative estimate of drug-likeness (QED) is 0.148. The Balaban J connectivity index is 0.805. The van der Waals surface area contributed by atoms with Crippen molar-refractivity contribution >= 4 is 60.7 Å². The highest BCUT2D eigenvalue weighted by Crippen LogP contribution is 2.61. The van der Waals surface area contributed by atoms with E-state index in [-0.39, 0.29) is 0 Å². The molecular weight excluding hydrogens is 991 g/mol. The fourth-order valence-electron chi connectivity index (χ4n) is 14.2. The van der Waals surface area contributed by atoms with Gasteiger partial charge in [-0.2, -0.15) is 0 Å². The van der Waals surface area contributed by atoms with Gasteiger partial charge in [-0.1, -0.05) is 237 Å². The SMILES string of the molecule is c1ccc(-c2ccc(-c3ccccc3N(c3ccc(-c4ccc(-n5c6ccccc6c6ccccc65)cc4)cc3)c3cccc(-c4ccc5c(c4)C4(c6ccccc6-5)c5ccccc5-n5c6ccccc6c6cccc4c65)c3)cc2)cc1. The minimum Gasteiger partial charge on any atom is -0.310 e. The van der Waals surface area contributed by atoms with Crippen LogP contribution in [0.3, 0.4) is 0 Å². The average Bonchev–Trinajstić information content (AvgIpc) is 4.38. The van der Waals surface area contributed by atoms with Gasteiger partial charge in [-0.05, 0) is 145 Å². The fraction of sp³-hybridized carbons (Fsp3) is 0.0127. The number of aromatic nitrogens is 2. The van der Waals surface area contributed by atoms with Crippen LogP contribution in [-0.2, 0) is 5.41 Å². The topological polar surface area (TPSA) is 13.1 Å². The molecule has 0 saturated carbocycles. The molecule has 0 bridgehead atoms. The van der Waals surface area contributed by atoms with Crippen LogP contribution in [-0.4, -0.2) is 9.13 Å². The highest BCUT2D eigenvalue weighted by Gasteiger charge is 2.51. The number of nitrogens with zero attached hydrogens (tertiary/aromatic N) is 3. The predicted octanol–water partition coefficient (Wildman–Crippen LogP) is 20.7. The second-order valence-corrected chi connectivity index (χ2v) is 21.9. The van der Waals surface area contributed by atoms with Crippen molar-refractivity contribution in [2.75, 3.05) is 4.90 Å². The Bertz CT molecular complexity index is 4970. The van der Waals surface area contributed by atoms with Crippen molar-refractivity contribution in [2.45, 2.75) is 5.41 Å². The molecule has 3 nitrogen and oxygen atoms in total. The Labute approximate surface area is 476 Å². The van der Waals surface area contributed by atoms with Gasteiger partial charge in [0.1, 0.15) is 0 Å². The van der Waals surface area contributed by atoms with E-state index in [9.17, 15) is 0 Å². The molecule has 17 rings (SSSR count). The van der Waals surface area contributed by atoms with Crippen LogP contribution in [0.4, 0.5) is 17.1 Å². The van der Waals surface area contributed by atoms with E-state index in [1.54, 1.807) is 0 Å². The van der Waals surface area contributed by atoms with Gasteiger partial charge < -0.3 is 14.0 Å². The van der Waals surface area contributed by atoms with Crippen LogP contribution in [0.25, 0.3) is 111 Å². The number of benzene rings is 13. The van der Waals surface area contributed by atoms with Gasteiger partial charge in [0.15, 0.2) is 0 Å². The summed E-state index contributed by atoms with van der Waals surface area (Å²) in [7, 11) is 0. The molecule has 2 aliphatic rings. The summed E-state index contributed by atoms with van der Waals surface area (Å²) < 4.78 is 4.90. The van der Waals surface area contributed by atoms with Gasteiger partial charge in [0.25, 0.3) is 0 Å². The van der Waals surface area contributed by atoms with Gasteiger partial charge in [0.05, 0.1) is 38.9 Å². The van der Waals surface area contributed by atoms with E-state index in [1.165, 1.54) is 105 Å². The van der Waals surface area contributed by atoms with Crippen LogP contribution in [0.2, 0.25) is 0 Å². The molecule has 15 aromatic rings. The van der Waals surface area contributed by atoms with Crippen molar-refractivity contribution in [1.82, 2.24) is 9.13 Å². The molecule has 0 radical (unpaired) electrons. The number of hydrogen-bond acceptors (Lipinski definition) is 1. The van der Waals surface area contributed by atoms with Crippen LogP contribution < -0.4 is 4.90 Å². The van der Waals surface area contributed by atoms with Crippen molar-refractivity contribution in [3.63, 3.8) is 0 Å². The Morgan fingerprint density at radius 2 is 0.732 bits per heavy atom. The smallest absolute Gasteiger partial charge is 0.0754 e. The molecule has 2 aromatic heterocycles. The zero-order valence-corrected chi connectivity index (χ0v) is 44.8. The molecule has 1 aliphatic heterocycles. The van der Waals surface area contributed by atoms with E-state index in [2.05, 4.69) is 323 Å². The van der Waals surface area contributed by atoms with Crippen molar-refractivity contribution in [3.05, 3.63) is 332 Å². The highest BCUT2D eigenvalue weighted by molar-refractivity contribution is 6.13. The fourth-order valence-corrected chi connectivity index (χ4v) is 14.2. The van der Waals surface area contributed by atoms with Crippen LogP contribution in [0.15, 0.2) is 309 Å². The molecule has 0 amide bonds. The minimum atomic E-state index is -0.547. The maximum atomic E-state index is 2.52. The Hall–Kier alpha value is -10.7. The maximum Gasteiger partial charge on any atom is 0.0754 e. The molecular formula is C79H51N3. The van der Waals surface area contributed by atoms with Gasteiger partial charge in [0.2, 0.25) is 0 Å². The Morgan fingerprint density at radius 1 is 0.256 bits per heavy atom. The summed E-state index contributed by atoms with van der Waals surface area (Å²) in [6, 6.07) is 115. The summed E-state index contributed by atoms with van der Waals surface area (Å²) in [5, 5.41) is 5.09. The van der Waals surface area contributed by atoms with E-state index in [0.29, 0.717) is 0 Å². The number of rotatable bonds is 8. The van der Waals surface area contributed by atoms with Crippen LogP contribution in [0.1, 0.15) is 22.3 Å². The number of anilines is 3. The molecule has 1 spiro atoms. The first kappa shape index (κ1) is 46.2. The first-order valence-electron chi connectivity index (χ1n) is 28.4. The summed E-state index contributed by atoms with van der Waals surface area (Å²) in [5.41, 5.74) is 27.2. The second kappa shape index (κ2) is 18.2. The molecule has 0 fully saturated rings. The Morgan fingerprint density at radius 3 is 1.46 bits per heavy atom. The van der Waals surface area contributed by atoms with Gasteiger partial charge >= 0.3 is 0 Å². The highest BCUT2D eigenvalue weighted by atomic mass is 15.1. The third kappa shape index (κ3) is 6.77. The van der Waals surface area contributed by atoms with Crippen LogP contribution >= 0.6 is 0 Å². The van der Waals surface area contributed by atoms with Gasteiger partial charge in [-0.3, -0.25) is 0 Å². The Kier molecular flexibility index (Phi) is 10.2. The zero-order chi connectivity index (χ0) is 53.9. The van der Waals surface area contributed by atoms with Crippen molar-refractivity contribution < 1.29 is 0 Å². The van der Waals surface area contributed by atoms with Crippen LogP contribution in [0.5, 0.6) is 0 Å². The predicted molar refractivity (Wildman–Crippen MR) is 342 cm³/mol. The average molecular weight is 1040 g/mol. The lowest BCUT2D eigenvalue weighted by Crippen LogP contribution is -2.33. The summed E-state index contributed by atoms with van der Waals surface area (Å²) in [6.45, 7) is 0. The molecule has 0 saturated heterocycles. The van der Waals surface area contributed by atoms with Crippen molar-refractivity contribution in [2.24, 2.45) is 0 Å². The normalized spacial score (nSPS) is 13.9. The number of para-hydroxylation sites is 6. The molecule has 382 valence electrons. The molecule has 0 N–H and O–H groups in total. The zero-order valence-electron chi connectivity index (χ0n) is 44.8. The monoisotopic (exact) mass is 1040 g/mol. The second-order valence-electron chi connectivity index (χ2n) is 21.9. The summed E-state index contributed by atoms with van der Waals surface area (Å²) in [5.74, 6) is 0. The lowest BCUT2D eigenvalue weighted by atomic mass is 9.65. The maximum absolute atomic E-state index is 2.52. The molecule has 3 heterocycles. The minimum absolute atomic E-state index is 0.547. The summed E-state index contributed by atoms with van der Waals surface area (Å²) in [4.78, 5) is 2.45. The van der Waals surface area contributed by atoms with E-state index in [1.807, 2.05) is 0 Å². The number of fused-ring (bicyclic) bond motifs is 15. The standard InChI is InChI=1S/C79H51N3/c1-2-18-52(19-3-1)53-36-38-56(39-37-53)62-22-5-11-31-73(62)80(59-45-40-54(41-46-59)55-42-47-60(48-43-55)81-74-32-12-6-24-65(74)66-25-7-13-33-75(66)81)61-21-16-20-57(50-61)58-44-49-64-63-23-4-9-28-69(63)79(72(64)51-58)70-29-10-15-35-77(70)82-76-34-14-8-26-67(76)68-27-17-30-71(79)78(68)82/h1-51H. The third-order valence-corrected chi connectivity index (χ3v) is 17.7. The van der Waals surface area contributed by atoms with Crippen LogP contribution in [0, 0.1) is 0 Å². The molecule has 1 aliphatic carbocycles. The lowest BCUT2D eigenvalue weighted by molar-refractivity contribution is 0.749. The molecule has 1 unspecified atom stereocenters. The van der Waals surface area contributed by atoms with E-state index in [0.717, 1.165) is 45.0 Å². The first-order valence-corrected chi connectivity index (χ1v) is 28.4. The largest absolute Gasteiger partial charge is 0.310 e. The molecule has 1 atom stereocenters. The lowest BCUT2D eigenvalue weighted by Gasteiger charge is -2.39. The van der Waals surface area contributed by atoms with Gasteiger partial charge in [-0.25, -0.2) is 0 Å². The van der Waals surface area contributed by atoms with Crippen molar-refractivity contribution in [1.29, 1.82) is 0 Å². The van der Waals surface area contributed by atoms with Gasteiger partial charge in [0, 0.05) is 44.2 Å². The number of hydrogen-bond donors (Lipinski definition) is 0. The molecule has 82 heavy (non-hydrogen) atoms.